The Labute approximate surface area is 293 Å². The van der Waals surface area contributed by atoms with Crippen molar-refractivity contribution in [1.29, 1.82) is 0 Å². The van der Waals surface area contributed by atoms with Crippen molar-refractivity contribution < 1.29 is 5.11 Å². The molecule has 49 heavy (non-hydrogen) atoms. The van der Waals surface area contributed by atoms with Crippen molar-refractivity contribution >= 4 is 22.8 Å². The van der Waals surface area contributed by atoms with Crippen LogP contribution in [0.2, 0.25) is 0 Å². The third-order valence-electron chi connectivity index (χ3n) is 9.07. The number of pyridine rings is 2. The van der Waals surface area contributed by atoms with Crippen LogP contribution in [0.5, 0.6) is 5.75 Å². The molecule has 5 aromatic rings. The van der Waals surface area contributed by atoms with Gasteiger partial charge in [0.05, 0.1) is 45.6 Å². The van der Waals surface area contributed by atoms with Gasteiger partial charge in [0.15, 0.2) is 0 Å². The highest BCUT2D eigenvalue weighted by atomic mass is 16.3. The van der Waals surface area contributed by atoms with E-state index in [1.807, 2.05) is 68.4 Å². The molecule has 0 amide bonds. The molecule has 0 saturated carbocycles. The van der Waals surface area contributed by atoms with Crippen LogP contribution in [0.3, 0.4) is 0 Å². The quantitative estimate of drug-likeness (QED) is 0.153. The minimum Gasteiger partial charge on any atom is -0.507 e. The number of nitrogens with zero attached hydrogens (tertiary/aromatic N) is 4. The van der Waals surface area contributed by atoms with Crippen molar-refractivity contribution in [3.8, 4) is 28.3 Å². The average molecular weight is 651 g/mol. The molecule has 3 aromatic carbocycles. The van der Waals surface area contributed by atoms with E-state index in [9.17, 15) is 5.11 Å². The molecular formula is C44H50N4O. The first-order valence-electron chi connectivity index (χ1n) is 17.5. The molecule has 0 saturated heterocycles. The van der Waals surface area contributed by atoms with Gasteiger partial charge in [-0.3, -0.25) is 9.98 Å². The first-order chi connectivity index (χ1) is 23.4. The van der Waals surface area contributed by atoms with Gasteiger partial charge in [0, 0.05) is 11.1 Å². The Morgan fingerprint density at radius 3 is 1.10 bits per heavy atom. The van der Waals surface area contributed by atoms with Crippen molar-refractivity contribution in [2.75, 3.05) is 0 Å². The topological polar surface area (TPSA) is 70.7 Å². The maximum atomic E-state index is 11.7. The van der Waals surface area contributed by atoms with E-state index in [1.54, 1.807) is 0 Å². The van der Waals surface area contributed by atoms with Gasteiger partial charge in [-0.25, -0.2) is 9.97 Å². The highest BCUT2D eigenvalue weighted by Crippen LogP contribution is 2.39. The number of aromatic hydroxyl groups is 1. The number of benzene rings is 3. The van der Waals surface area contributed by atoms with Gasteiger partial charge in [-0.15, -0.1) is 0 Å². The van der Waals surface area contributed by atoms with Gasteiger partial charge >= 0.3 is 0 Å². The monoisotopic (exact) mass is 650 g/mol. The van der Waals surface area contributed by atoms with Gasteiger partial charge < -0.3 is 5.11 Å². The van der Waals surface area contributed by atoms with Crippen LogP contribution >= 0.6 is 0 Å². The number of rotatable bonds is 10. The lowest BCUT2D eigenvalue weighted by molar-refractivity contribution is 0.479. The third kappa shape index (κ3) is 7.72. The number of hydrogen-bond donors (Lipinski definition) is 1. The van der Waals surface area contributed by atoms with Crippen LogP contribution in [0.4, 0.5) is 11.4 Å². The number of hydrogen-bond acceptors (Lipinski definition) is 5. The number of phenols is 1. The highest BCUT2D eigenvalue weighted by molar-refractivity contribution is 6.00. The number of para-hydroxylation sites is 3. The molecule has 2 heterocycles. The molecule has 0 fully saturated rings. The lowest BCUT2D eigenvalue weighted by Crippen LogP contribution is -2.03. The predicted molar refractivity (Wildman–Crippen MR) is 208 cm³/mol. The second kappa shape index (κ2) is 15.1. The van der Waals surface area contributed by atoms with Gasteiger partial charge in [0.1, 0.15) is 5.75 Å². The largest absolute Gasteiger partial charge is 0.507 e. The number of aromatic nitrogens is 2. The van der Waals surface area contributed by atoms with E-state index >= 15 is 0 Å². The normalized spacial score (nSPS) is 12.5. The standard InChI is InChI=1S/C44H50N4O/c1-26(2)32-16-11-17-33(27(3)4)42(32)45-30(9)38-22-14-24-40(47-38)36-20-13-21-37(44(36)49)41-25-15-23-39(48-41)31(10)46-43-34(28(5)6)18-12-19-35(43)29(7)8/h11-29,49H,1-10H3. The predicted octanol–water partition coefficient (Wildman–Crippen LogP) is 12.3. The van der Waals surface area contributed by atoms with Gasteiger partial charge in [0.25, 0.3) is 0 Å². The second-order valence-electron chi connectivity index (χ2n) is 14.1. The van der Waals surface area contributed by atoms with Crippen LogP contribution in [-0.2, 0) is 0 Å². The molecular weight excluding hydrogens is 601 g/mol. The minimum atomic E-state index is 0.139. The van der Waals surface area contributed by atoms with Crippen LogP contribution < -0.4 is 0 Å². The summed E-state index contributed by atoms with van der Waals surface area (Å²) in [6.07, 6.45) is 0. The first-order valence-corrected chi connectivity index (χ1v) is 17.5. The molecule has 252 valence electrons. The fourth-order valence-electron chi connectivity index (χ4n) is 6.26. The zero-order valence-corrected chi connectivity index (χ0v) is 30.7. The van der Waals surface area contributed by atoms with Crippen LogP contribution in [0, 0.1) is 0 Å². The molecule has 0 unspecified atom stereocenters. The summed E-state index contributed by atoms with van der Waals surface area (Å²) in [4.78, 5) is 20.3. The second-order valence-corrected chi connectivity index (χ2v) is 14.1. The Morgan fingerprint density at radius 2 is 0.776 bits per heavy atom. The molecule has 5 nitrogen and oxygen atoms in total. The smallest absolute Gasteiger partial charge is 0.134 e. The van der Waals surface area contributed by atoms with Crippen LogP contribution in [0.15, 0.2) is 101 Å². The molecule has 0 aliphatic heterocycles. The Balaban J connectivity index is 1.52. The van der Waals surface area contributed by atoms with Crippen LogP contribution in [0.1, 0.15) is 127 Å². The SMILES string of the molecule is CC(=Nc1c(C(C)C)cccc1C(C)C)c1cccc(-c2cccc(-c3cccc(C(C)=Nc4c(C(C)C)cccc4C(C)C)n3)c2O)n1. The van der Waals surface area contributed by atoms with E-state index in [0.717, 1.165) is 34.2 Å². The Morgan fingerprint density at radius 1 is 0.469 bits per heavy atom. The average Bonchev–Trinajstić information content (AvgIpc) is 3.08. The van der Waals surface area contributed by atoms with Gasteiger partial charge in [-0.1, -0.05) is 110 Å². The maximum Gasteiger partial charge on any atom is 0.134 e. The van der Waals surface area contributed by atoms with Crippen molar-refractivity contribution in [1.82, 2.24) is 9.97 Å². The summed E-state index contributed by atoms with van der Waals surface area (Å²) in [5.74, 6) is 1.53. The summed E-state index contributed by atoms with van der Waals surface area (Å²) in [5.41, 5.74) is 12.8. The first kappa shape index (κ1) is 35.4. The fourth-order valence-corrected chi connectivity index (χ4v) is 6.26. The third-order valence-corrected chi connectivity index (χ3v) is 9.07. The van der Waals surface area contributed by atoms with Gasteiger partial charge in [-0.2, -0.15) is 0 Å². The van der Waals surface area contributed by atoms with E-state index < -0.39 is 0 Å². The molecule has 0 radical (unpaired) electrons. The lowest BCUT2D eigenvalue weighted by atomic mass is 9.93. The summed E-state index contributed by atoms with van der Waals surface area (Å²) in [7, 11) is 0. The van der Waals surface area contributed by atoms with Crippen molar-refractivity contribution in [3.05, 3.63) is 125 Å². The summed E-state index contributed by atoms with van der Waals surface area (Å²) >= 11 is 0. The fraction of sp³-hybridized carbons (Fsp3) is 0.318. The molecule has 2 aromatic heterocycles. The summed E-state index contributed by atoms with van der Waals surface area (Å²) in [6.45, 7) is 21.6. The molecule has 0 aliphatic carbocycles. The highest BCUT2D eigenvalue weighted by Gasteiger charge is 2.18. The van der Waals surface area contributed by atoms with Crippen LogP contribution in [-0.4, -0.2) is 26.5 Å². The Bertz CT molecular complexity index is 1820. The molecule has 0 spiro atoms. The van der Waals surface area contributed by atoms with Crippen molar-refractivity contribution in [2.24, 2.45) is 9.98 Å². The summed E-state index contributed by atoms with van der Waals surface area (Å²) in [5, 5.41) is 11.7. The molecule has 0 aliphatic rings. The van der Waals surface area contributed by atoms with E-state index in [0.29, 0.717) is 46.2 Å². The maximum absolute atomic E-state index is 11.7. The molecule has 5 rings (SSSR count). The molecule has 0 bridgehead atoms. The van der Waals surface area contributed by atoms with E-state index in [2.05, 4.69) is 91.8 Å². The van der Waals surface area contributed by atoms with Gasteiger partial charge in [0.2, 0.25) is 0 Å². The zero-order chi connectivity index (χ0) is 35.4. The van der Waals surface area contributed by atoms with E-state index in [-0.39, 0.29) is 5.75 Å². The zero-order valence-electron chi connectivity index (χ0n) is 30.7. The van der Waals surface area contributed by atoms with Gasteiger partial charge in [-0.05, 0) is 96.2 Å². The minimum absolute atomic E-state index is 0.139. The summed E-state index contributed by atoms with van der Waals surface area (Å²) in [6, 6.07) is 30.4. The lowest BCUT2D eigenvalue weighted by Gasteiger charge is -2.17. The van der Waals surface area contributed by atoms with Crippen LogP contribution in [0.25, 0.3) is 22.5 Å². The van der Waals surface area contributed by atoms with E-state index in [4.69, 9.17) is 20.0 Å². The molecule has 0 atom stereocenters. The Kier molecular flexibility index (Phi) is 10.9. The number of aliphatic imine (C=N–C) groups is 2. The van der Waals surface area contributed by atoms with E-state index in [1.165, 1.54) is 22.3 Å². The summed E-state index contributed by atoms with van der Waals surface area (Å²) < 4.78 is 0. The number of phenolic OH excluding ortho intramolecular Hbond substituents is 1. The Hall–Kier alpha value is -4.90. The van der Waals surface area contributed by atoms with Crippen molar-refractivity contribution in [3.63, 3.8) is 0 Å². The van der Waals surface area contributed by atoms with Crippen molar-refractivity contribution in [2.45, 2.75) is 92.9 Å². The molecule has 1 N–H and O–H groups in total. The molecule has 5 heteroatoms.